The number of sulfonamides is 1. The first-order valence-electron chi connectivity index (χ1n) is 9.48. The number of ketones is 1. The fourth-order valence-corrected chi connectivity index (χ4v) is 5.32. The Kier molecular flexibility index (Phi) is 4.89. The molecule has 0 unspecified atom stereocenters. The summed E-state index contributed by atoms with van der Waals surface area (Å²) in [6.07, 6.45) is 1.27. The van der Waals surface area contributed by atoms with Crippen molar-refractivity contribution >= 4 is 15.8 Å². The molecule has 2 aromatic carbocycles. The van der Waals surface area contributed by atoms with Gasteiger partial charge < -0.3 is 9.47 Å². The van der Waals surface area contributed by atoms with Crippen LogP contribution in [-0.2, 0) is 10.0 Å². The Morgan fingerprint density at radius 3 is 2.43 bits per heavy atom. The van der Waals surface area contributed by atoms with Gasteiger partial charge in [-0.05, 0) is 43.3 Å². The van der Waals surface area contributed by atoms with Crippen LogP contribution in [0.25, 0.3) is 0 Å². The van der Waals surface area contributed by atoms with Gasteiger partial charge in [-0.1, -0.05) is 12.1 Å². The van der Waals surface area contributed by atoms with E-state index in [1.165, 1.54) is 4.31 Å². The van der Waals surface area contributed by atoms with E-state index in [0.29, 0.717) is 56.0 Å². The SMILES string of the molecule is CCOc1ccc(S(=O)(=O)N2CCC3(CC2)CC(=O)c2ccccc2O3)cc1. The molecule has 2 aliphatic rings. The molecular weight excluding hydrogens is 378 g/mol. The molecule has 28 heavy (non-hydrogen) atoms. The smallest absolute Gasteiger partial charge is 0.243 e. The average molecular weight is 401 g/mol. The van der Waals surface area contributed by atoms with Crippen molar-refractivity contribution in [2.75, 3.05) is 19.7 Å². The maximum absolute atomic E-state index is 13.0. The van der Waals surface area contributed by atoms with Gasteiger partial charge in [-0.25, -0.2) is 8.42 Å². The first kappa shape index (κ1) is 19.0. The second-order valence-corrected chi connectivity index (χ2v) is 9.13. The second kappa shape index (κ2) is 7.22. The summed E-state index contributed by atoms with van der Waals surface area (Å²) >= 11 is 0. The number of piperidine rings is 1. The zero-order valence-corrected chi connectivity index (χ0v) is 16.6. The number of hydrogen-bond donors (Lipinski definition) is 0. The van der Waals surface area contributed by atoms with Crippen LogP contribution in [0.2, 0.25) is 0 Å². The third kappa shape index (κ3) is 3.40. The van der Waals surface area contributed by atoms with Crippen molar-refractivity contribution in [3.8, 4) is 11.5 Å². The van der Waals surface area contributed by atoms with Gasteiger partial charge in [-0.15, -0.1) is 0 Å². The lowest BCUT2D eigenvalue weighted by molar-refractivity contribution is 0.00591. The molecule has 0 N–H and O–H groups in total. The van der Waals surface area contributed by atoms with Crippen LogP contribution >= 0.6 is 0 Å². The first-order valence-corrected chi connectivity index (χ1v) is 10.9. The Morgan fingerprint density at radius 1 is 1.07 bits per heavy atom. The van der Waals surface area contributed by atoms with E-state index in [0.717, 1.165) is 0 Å². The molecule has 1 fully saturated rings. The van der Waals surface area contributed by atoms with Crippen LogP contribution in [0.15, 0.2) is 53.4 Å². The predicted molar refractivity (Wildman–Crippen MR) is 104 cm³/mol. The van der Waals surface area contributed by atoms with Gasteiger partial charge in [0.2, 0.25) is 10.0 Å². The lowest BCUT2D eigenvalue weighted by Crippen LogP contribution is -2.52. The van der Waals surface area contributed by atoms with E-state index in [9.17, 15) is 13.2 Å². The highest BCUT2D eigenvalue weighted by Crippen LogP contribution is 2.40. The van der Waals surface area contributed by atoms with E-state index >= 15 is 0 Å². The molecule has 0 aliphatic carbocycles. The summed E-state index contributed by atoms with van der Waals surface area (Å²) in [6.45, 7) is 3.06. The third-order valence-corrected chi connectivity index (χ3v) is 7.32. The number of carbonyl (C=O) groups is 1. The molecule has 7 heteroatoms. The summed E-state index contributed by atoms with van der Waals surface area (Å²) in [5.74, 6) is 1.30. The molecule has 4 rings (SSSR count). The molecule has 2 aromatic rings. The molecule has 6 nitrogen and oxygen atoms in total. The van der Waals surface area contributed by atoms with Crippen LogP contribution in [0.5, 0.6) is 11.5 Å². The number of benzene rings is 2. The largest absolute Gasteiger partial charge is 0.494 e. The van der Waals surface area contributed by atoms with Gasteiger partial charge in [-0.2, -0.15) is 4.31 Å². The topological polar surface area (TPSA) is 72.9 Å². The minimum Gasteiger partial charge on any atom is -0.494 e. The quantitative estimate of drug-likeness (QED) is 0.786. The van der Waals surface area contributed by atoms with Gasteiger partial charge in [-0.3, -0.25) is 4.79 Å². The van der Waals surface area contributed by atoms with Crippen LogP contribution in [0.3, 0.4) is 0 Å². The van der Waals surface area contributed by atoms with Crippen molar-refractivity contribution in [2.45, 2.75) is 36.7 Å². The molecule has 0 radical (unpaired) electrons. The average Bonchev–Trinajstić information content (AvgIpc) is 2.69. The standard InChI is InChI=1S/C21H23NO5S/c1-2-26-16-7-9-17(10-8-16)28(24,25)22-13-11-21(12-14-22)15-19(23)18-5-3-4-6-20(18)27-21/h3-10H,2,11-15H2,1H3. The Labute approximate surface area is 165 Å². The minimum absolute atomic E-state index is 0.0599. The number of para-hydroxylation sites is 1. The molecular formula is C21H23NO5S. The number of hydrogen-bond acceptors (Lipinski definition) is 5. The van der Waals surface area contributed by atoms with E-state index in [4.69, 9.17) is 9.47 Å². The number of nitrogens with zero attached hydrogens (tertiary/aromatic N) is 1. The predicted octanol–water partition coefficient (Wildman–Crippen LogP) is 3.27. The van der Waals surface area contributed by atoms with Crippen LogP contribution in [0, 0.1) is 0 Å². The maximum Gasteiger partial charge on any atom is 0.243 e. The molecule has 0 bridgehead atoms. The van der Waals surface area contributed by atoms with Gasteiger partial charge in [0, 0.05) is 25.9 Å². The molecule has 0 aromatic heterocycles. The Bertz CT molecular complexity index is 976. The van der Waals surface area contributed by atoms with Crippen LogP contribution < -0.4 is 9.47 Å². The van der Waals surface area contributed by atoms with Gasteiger partial charge in [0.1, 0.15) is 17.1 Å². The van der Waals surface area contributed by atoms with Crippen molar-refractivity contribution in [1.29, 1.82) is 0 Å². The zero-order chi connectivity index (χ0) is 19.8. The minimum atomic E-state index is -3.59. The zero-order valence-electron chi connectivity index (χ0n) is 15.8. The molecule has 2 aliphatic heterocycles. The van der Waals surface area contributed by atoms with Crippen molar-refractivity contribution in [3.63, 3.8) is 0 Å². The fourth-order valence-electron chi connectivity index (χ4n) is 3.88. The van der Waals surface area contributed by atoms with Crippen molar-refractivity contribution < 1.29 is 22.7 Å². The molecule has 0 amide bonds. The Balaban J connectivity index is 1.49. The number of carbonyl (C=O) groups excluding carboxylic acids is 1. The van der Waals surface area contributed by atoms with E-state index in [2.05, 4.69) is 0 Å². The second-order valence-electron chi connectivity index (χ2n) is 7.19. The number of fused-ring (bicyclic) bond motifs is 1. The number of rotatable bonds is 4. The normalized spacial score (nSPS) is 19.1. The van der Waals surface area contributed by atoms with E-state index in [-0.39, 0.29) is 10.7 Å². The summed E-state index contributed by atoms with van der Waals surface area (Å²) < 4.78 is 39.0. The highest BCUT2D eigenvalue weighted by atomic mass is 32.2. The lowest BCUT2D eigenvalue weighted by Gasteiger charge is -2.43. The molecule has 1 spiro atoms. The molecule has 1 saturated heterocycles. The van der Waals surface area contributed by atoms with Crippen LogP contribution in [0.4, 0.5) is 0 Å². The third-order valence-electron chi connectivity index (χ3n) is 5.40. The Hall–Kier alpha value is -2.38. The number of ether oxygens (including phenoxy) is 2. The summed E-state index contributed by atoms with van der Waals surface area (Å²) in [7, 11) is -3.59. The first-order chi connectivity index (χ1) is 13.4. The molecule has 0 saturated carbocycles. The van der Waals surface area contributed by atoms with Crippen LogP contribution in [-0.4, -0.2) is 43.8 Å². The summed E-state index contributed by atoms with van der Waals surface area (Å²) in [5.41, 5.74) is -0.00595. The van der Waals surface area contributed by atoms with Crippen molar-refractivity contribution in [3.05, 3.63) is 54.1 Å². The van der Waals surface area contributed by atoms with Crippen LogP contribution in [0.1, 0.15) is 36.5 Å². The summed E-state index contributed by atoms with van der Waals surface area (Å²) in [6, 6.07) is 13.7. The maximum atomic E-state index is 13.0. The van der Waals surface area contributed by atoms with Gasteiger partial charge in [0.05, 0.1) is 23.5 Å². The monoisotopic (exact) mass is 401 g/mol. The van der Waals surface area contributed by atoms with Gasteiger partial charge in [0.15, 0.2) is 5.78 Å². The fraction of sp³-hybridized carbons (Fsp3) is 0.381. The van der Waals surface area contributed by atoms with Gasteiger partial charge >= 0.3 is 0 Å². The lowest BCUT2D eigenvalue weighted by atomic mass is 9.83. The summed E-state index contributed by atoms with van der Waals surface area (Å²) in [5, 5.41) is 0. The molecule has 148 valence electrons. The molecule has 2 heterocycles. The van der Waals surface area contributed by atoms with E-state index < -0.39 is 15.6 Å². The van der Waals surface area contributed by atoms with Crippen molar-refractivity contribution in [2.24, 2.45) is 0 Å². The Morgan fingerprint density at radius 2 is 1.75 bits per heavy atom. The summed E-state index contributed by atoms with van der Waals surface area (Å²) in [4.78, 5) is 12.8. The molecule has 0 atom stereocenters. The highest BCUT2D eigenvalue weighted by Gasteiger charge is 2.44. The number of Topliss-reactive ketones (excluding diaryl/α,β-unsaturated/α-hetero) is 1. The van der Waals surface area contributed by atoms with E-state index in [1.54, 1.807) is 36.4 Å². The van der Waals surface area contributed by atoms with Gasteiger partial charge in [0.25, 0.3) is 0 Å². The van der Waals surface area contributed by atoms with Crippen molar-refractivity contribution in [1.82, 2.24) is 4.31 Å². The van der Waals surface area contributed by atoms with E-state index in [1.807, 2.05) is 19.1 Å². The highest BCUT2D eigenvalue weighted by molar-refractivity contribution is 7.89.